The molecule has 3 heterocycles. The lowest BCUT2D eigenvalue weighted by atomic mass is 10.2. The predicted molar refractivity (Wildman–Crippen MR) is 111 cm³/mol. The molecule has 0 saturated heterocycles. The van der Waals surface area contributed by atoms with Gasteiger partial charge in [-0.05, 0) is 48.7 Å². The van der Waals surface area contributed by atoms with Crippen molar-refractivity contribution in [3.63, 3.8) is 0 Å². The number of nitrogens with zero attached hydrogens (tertiary/aromatic N) is 5. The maximum atomic E-state index is 12.1. The van der Waals surface area contributed by atoms with Crippen LogP contribution in [0.2, 0.25) is 5.02 Å². The molecular formula is C21H17ClN6O2. The normalized spacial score (nSPS) is 13.9. The predicted octanol–water partition coefficient (Wildman–Crippen LogP) is 3.64. The molecule has 1 aromatic carbocycles. The minimum absolute atomic E-state index is 0.225. The number of hydrogen-bond acceptors (Lipinski definition) is 6. The molecule has 30 heavy (non-hydrogen) atoms. The highest BCUT2D eigenvalue weighted by atomic mass is 35.5. The number of carbonyl (C=O) groups excluding carboxylic acids is 1. The van der Waals surface area contributed by atoms with Crippen molar-refractivity contribution in [2.45, 2.75) is 25.3 Å². The Morgan fingerprint density at radius 1 is 1.23 bits per heavy atom. The van der Waals surface area contributed by atoms with Gasteiger partial charge in [-0.15, -0.1) is 10.2 Å². The van der Waals surface area contributed by atoms with E-state index in [1.165, 1.54) is 6.08 Å². The zero-order valence-electron chi connectivity index (χ0n) is 15.8. The van der Waals surface area contributed by atoms with Crippen LogP contribution in [0.1, 0.15) is 36.0 Å². The van der Waals surface area contributed by atoms with Gasteiger partial charge in [0.2, 0.25) is 5.91 Å². The quantitative estimate of drug-likeness (QED) is 0.478. The van der Waals surface area contributed by atoms with E-state index < -0.39 is 0 Å². The number of halogens is 1. The van der Waals surface area contributed by atoms with E-state index in [2.05, 4.69) is 25.7 Å². The summed E-state index contributed by atoms with van der Waals surface area (Å²) < 4.78 is 7.18. The molecule has 1 amide bonds. The van der Waals surface area contributed by atoms with E-state index >= 15 is 0 Å². The van der Waals surface area contributed by atoms with E-state index in [1.807, 2.05) is 34.9 Å². The molecule has 0 radical (unpaired) electrons. The fourth-order valence-corrected chi connectivity index (χ4v) is 3.15. The first-order valence-corrected chi connectivity index (χ1v) is 9.92. The highest BCUT2D eigenvalue weighted by Crippen LogP contribution is 2.38. The molecule has 5 rings (SSSR count). The van der Waals surface area contributed by atoms with Gasteiger partial charge in [0.25, 0.3) is 5.89 Å². The van der Waals surface area contributed by atoms with Gasteiger partial charge >= 0.3 is 0 Å². The van der Waals surface area contributed by atoms with Crippen LogP contribution in [0, 0.1) is 0 Å². The number of hydrogen-bond donors (Lipinski definition) is 1. The summed E-state index contributed by atoms with van der Waals surface area (Å²) in [6, 6.07) is 10.9. The average molecular weight is 421 g/mol. The van der Waals surface area contributed by atoms with Gasteiger partial charge in [0.1, 0.15) is 0 Å². The van der Waals surface area contributed by atoms with Gasteiger partial charge in [0.15, 0.2) is 17.3 Å². The molecule has 0 aliphatic heterocycles. The largest absolute Gasteiger partial charge is 0.345 e. The molecule has 0 atom stereocenters. The number of amides is 1. The first-order valence-electron chi connectivity index (χ1n) is 9.55. The lowest BCUT2D eigenvalue weighted by Gasteiger charge is -2.02. The first-order chi connectivity index (χ1) is 14.7. The Balaban J connectivity index is 1.25. The molecule has 3 aromatic heterocycles. The monoisotopic (exact) mass is 420 g/mol. The number of rotatable bonds is 6. The van der Waals surface area contributed by atoms with Crippen LogP contribution in [0.3, 0.4) is 0 Å². The number of nitrogens with one attached hydrogen (secondary N) is 1. The SMILES string of the molecule is O=C(/C=C/c1ccc(Cl)cc1)NCc1nnc2cc(-c3nc(C4CC4)no3)ccn12. The Kier molecular flexibility index (Phi) is 4.76. The molecule has 1 N–H and O–H groups in total. The van der Waals surface area contributed by atoms with Crippen molar-refractivity contribution < 1.29 is 9.32 Å². The van der Waals surface area contributed by atoms with E-state index in [-0.39, 0.29) is 12.5 Å². The third-order valence-electron chi connectivity index (χ3n) is 4.83. The zero-order valence-corrected chi connectivity index (χ0v) is 16.6. The molecule has 1 aliphatic carbocycles. The minimum atomic E-state index is -0.225. The summed E-state index contributed by atoms with van der Waals surface area (Å²) in [6.07, 6.45) is 7.26. The molecule has 9 heteroatoms. The second-order valence-electron chi connectivity index (χ2n) is 7.09. The van der Waals surface area contributed by atoms with Crippen molar-refractivity contribution in [1.82, 2.24) is 30.1 Å². The topological polar surface area (TPSA) is 98.2 Å². The van der Waals surface area contributed by atoms with E-state index in [9.17, 15) is 4.79 Å². The van der Waals surface area contributed by atoms with Gasteiger partial charge < -0.3 is 9.84 Å². The summed E-state index contributed by atoms with van der Waals surface area (Å²) in [4.78, 5) is 16.6. The van der Waals surface area contributed by atoms with Gasteiger partial charge in [-0.25, -0.2) is 0 Å². The average Bonchev–Trinajstić information content (AvgIpc) is 3.35. The molecule has 1 saturated carbocycles. The molecule has 150 valence electrons. The van der Waals surface area contributed by atoms with Crippen molar-refractivity contribution in [2.75, 3.05) is 0 Å². The standard InChI is InChI=1S/C21H17ClN6O2/c22-16-6-1-13(2-7-16)3-8-19(29)23-12-18-26-25-17-11-15(9-10-28(17)18)21-24-20(27-30-21)14-4-5-14/h1-3,6-11,14H,4-5,12H2,(H,23,29)/b8-3+. The minimum Gasteiger partial charge on any atom is -0.345 e. The van der Waals surface area contributed by atoms with Gasteiger partial charge in [-0.2, -0.15) is 4.98 Å². The zero-order chi connectivity index (χ0) is 20.5. The molecule has 0 bridgehead atoms. The molecular weight excluding hydrogens is 404 g/mol. The Hall–Kier alpha value is -3.52. The maximum absolute atomic E-state index is 12.1. The van der Waals surface area contributed by atoms with Gasteiger partial charge in [0, 0.05) is 28.8 Å². The van der Waals surface area contributed by atoms with Crippen molar-refractivity contribution >= 4 is 29.2 Å². The van der Waals surface area contributed by atoms with Crippen LogP contribution in [0.25, 0.3) is 23.2 Å². The summed E-state index contributed by atoms with van der Waals surface area (Å²) in [5, 5.41) is 15.9. The summed E-state index contributed by atoms with van der Waals surface area (Å²) in [5.74, 6) is 2.07. The molecule has 4 aromatic rings. The highest BCUT2D eigenvalue weighted by molar-refractivity contribution is 6.30. The van der Waals surface area contributed by atoms with Crippen molar-refractivity contribution in [2.24, 2.45) is 0 Å². The molecule has 0 spiro atoms. The van der Waals surface area contributed by atoms with Crippen LogP contribution in [0.5, 0.6) is 0 Å². The highest BCUT2D eigenvalue weighted by Gasteiger charge is 2.29. The third-order valence-corrected chi connectivity index (χ3v) is 5.08. The van der Waals surface area contributed by atoms with Gasteiger partial charge in [0.05, 0.1) is 6.54 Å². The van der Waals surface area contributed by atoms with Crippen LogP contribution in [0.15, 0.2) is 53.2 Å². The second kappa shape index (κ2) is 7.72. The summed E-state index contributed by atoms with van der Waals surface area (Å²) in [5.41, 5.74) is 2.32. The molecule has 1 aliphatic rings. The van der Waals surface area contributed by atoms with Crippen molar-refractivity contribution in [1.29, 1.82) is 0 Å². The van der Waals surface area contributed by atoms with E-state index in [1.54, 1.807) is 18.2 Å². The Morgan fingerprint density at radius 3 is 2.87 bits per heavy atom. The Morgan fingerprint density at radius 2 is 2.07 bits per heavy atom. The summed E-state index contributed by atoms with van der Waals surface area (Å²) >= 11 is 5.86. The third kappa shape index (κ3) is 3.95. The van der Waals surface area contributed by atoms with E-state index in [4.69, 9.17) is 16.1 Å². The molecule has 0 unspecified atom stereocenters. The first kappa shape index (κ1) is 18.5. The Bertz CT molecular complexity index is 1240. The number of aromatic nitrogens is 5. The number of fused-ring (bicyclic) bond motifs is 1. The van der Waals surface area contributed by atoms with Crippen LogP contribution in [0.4, 0.5) is 0 Å². The van der Waals surface area contributed by atoms with Crippen molar-refractivity contribution in [3.05, 3.63) is 70.9 Å². The van der Waals surface area contributed by atoms with Gasteiger partial charge in [-0.1, -0.05) is 28.9 Å². The second-order valence-corrected chi connectivity index (χ2v) is 7.53. The van der Waals surface area contributed by atoms with Crippen LogP contribution < -0.4 is 5.32 Å². The lowest BCUT2D eigenvalue weighted by Crippen LogP contribution is -2.21. The number of carbonyl (C=O) groups is 1. The van der Waals surface area contributed by atoms with Crippen LogP contribution >= 0.6 is 11.6 Å². The fraction of sp³-hybridized carbons (Fsp3) is 0.190. The van der Waals surface area contributed by atoms with E-state index in [0.29, 0.717) is 28.3 Å². The molecule has 8 nitrogen and oxygen atoms in total. The van der Waals surface area contributed by atoms with Crippen molar-refractivity contribution in [3.8, 4) is 11.5 Å². The van der Waals surface area contributed by atoms with Gasteiger partial charge in [-0.3, -0.25) is 9.20 Å². The summed E-state index contributed by atoms with van der Waals surface area (Å²) in [6.45, 7) is 0.247. The number of benzene rings is 1. The fourth-order valence-electron chi connectivity index (χ4n) is 3.02. The lowest BCUT2D eigenvalue weighted by molar-refractivity contribution is -0.116. The summed E-state index contributed by atoms with van der Waals surface area (Å²) in [7, 11) is 0. The Labute approximate surface area is 176 Å². The van der Waals surface area contributed by atoms with Crippen LogP contribution in [-0.4, -0.2) is 30.6 Å². The maximum Gasteiger partial charge on any atom is 0.258 e. The smallest absolute Gasteiger partial charge is 0.258 e. The van der Waals surface area contributed by atoms with E-state index in [0.717, 1.165) is 29.8 Å². The number of pyridine rings is 1. The molecule has 1 fully saturated rings. The van der Waals surface area contributed by atoms with Crippen LogP contribution in [-0.2, 0) is 11.3 Å².